The van der Waals surface area contributed by atoms with Crippen LogP contribution in [0.2, 0.25) is 5.15 Å². The summed E-state index contributed by atoms with van der Waals surface area (Å²) in [6, 6.07) is 4.27. The summed E-state index contributed by atoms with van der Waals surface area (Å²) in [4.78, 5) is 18.4. The van der Waals surface area contributed by atoms with Crippen molar-refractivity contribution in [3.05, 3.63) is 31.9 Å². The Morgan fingerprint density at radius 2 is 2.21 bits per heavy atom. The number of methoxy groups -OCH3 is 1. The summed E-state index contributed by atoms with van der Waals surface area (Å²) in [7, 11) is 1.32. The van der Waals surface area contributed by atoms with E-state index in [1.54, 1.807) is 11.3 Å². The maximum atomic E-state index is 11.4. The van der Waals surface area contributed by atoms with Gasteiger partial charge in [0, 0.05) is 9.75 Å². The first-order chi connectivity index (χ1) is 9.01. The van der Waals surface area contributed by atoms with E-state index < -0.39 is 5.97 Å². The van der Waals surface area contributed by atoms with Gasteiger partial charge >= 0.3 is 5.97 Å². The van der Waals surface area contributed by atoms with Crippen molar-refractivity contribution in [1.82, 2.24) is 4.98 Å². The number of nitrogens with zero attached hydrogens (tertiary/aromatic N) is 1. The van der Waals surface area contributed by atoms with Crippen LogP contribution in [0.5, 0.6) is 0 Å². The summed E-state index contributed by atoms with van der Waals surface area (Å²) in [5.74, 6) is -0.463. The summed E-state index contributed by atoms with van der Waals surface area (Å²) in [5, 5.41) is 4.03. The predicted octanol–water partition coefficient (Wildman–Crippen LogP) is 4.13. The number of carbonyl (C=O) groups is 1. The highest BCUT2D eigenvalue weighted by Crippen LogP contribution is 2.31. The maximum Gasteiger partial charge on any atom is 0.351 e. The van der Waals surface area contributed by atoms with Gasteiger partial charge in [0.1, 0.15) is 0 Å². The van der Waals surface area contributed by atoms with E-state index in [-0.39, 0.29) is 11.2 Å². The number of aromatic nitrogens is 1. The predicted molar refractivity (Wildman–Crippen MR) is 79.6 cm³/mol. The number of ether oxygens (including phenoxy) is 1. The van der Waals surface area contributed by atoms with E-state index in [9.17, 15) is 4.79 Å². The zero-order valence-corrected chi connectivity index (χ0v) is 13.1. The van der Waals surface area contributed by atoms with E-state index in [4.69, 9.17) is 11.6 Å². The van der Waals surface area contributed by atoms with Gasteiger partial charge in [0.05, 0.1) is 13.2 Å². The number of thiazole rings is 1. The van der Waals surface area contributed by atoms with Crippen molar-refractivity contribution in [1.29, 1.82) is 0 Å². The Morgan fingerprint density at radius 1 is 1.47 bits per heavy atom. The SMILES string of the molecule is COC(=O)c1sc(NC(C)c2ccc(C)s2)nc1Cl. The molecule has 0 aromatic carbocycles. The summed E-state index contributed by atoms with van der Waals surface area (Å²) < 4.78 is 4.64. The highest BCUT2D eigenvalue weighted by Gasteiger charge is 2.18. The second kappa shape index (κ2) is 5.90. The zero-order chi connectivity index (χ0) is 14.0. The van der Waals surface area contributed by atoms with Gasteiger partial charge in [0.25, 0.3) is 0 Å². The highest BCUT2D eigenvalue weighted by molar-refractivity contribution is 7.18. The van der Waals surface area contributed by atoms with Crippen molar-refractivity contribution < 1.29 is 9.53 Å². The van der Waals surface area contributed by atoms with Gasteiger partial charge in [0.15, 0.2) is 15.2 Å². The number of hydrogen-bond acceptors (Lipinski definition) is 6. The van der Waals surface area contributed by atoms with Crippen molar-refractivity contribution in [2.24, 2.45) is 0 Å². The molecule has 2 heterocycles. The second-order valence-electron chi connectivity index (χ2n) is 3.94. The lowest BCUT2D eigenvalue weighted by Crippen LogP contribution is -2.04. The molecular weight excluding hydrogens is 304 g/mol. The van der Waals surface area contributed by atoms with E-state index in [0.717, 1.165) is 0 Å². The lowest BCUT2D eigenvalue weighted by molar-refractivity contribution is 0.0606. The van der Waals surface area contributed by atoms with Gasteiger partial charge in [0.2, 0.25) is 0 Å². The number of rotatable bonds is 4. The van der Waals surface area contributed by atoms with Gasteiger partial charge in [-0.05, 0) is 26.0 Å². The lowest BCUT2D eigenvalue weighted by Gasteiger charge is -2.10. The number of thiophene rings is 1. The molecular formula is C12H13ClN2O2S2. The lowest BCUT2D eigenvalue weighted by atomic mass is 10.3. The number of esters is 1. The van der Waals surface area contributed by atoms with E-state index in [2.05, 4.69) is 34.1 Å². The van der Waals surface area contributed by atoms with Crippen LogP contribution < -0.4 is 5.32 Å². The number of halogens is 1. The molecule has 0 aliphatic rings. The molecule has 0 bridgehead atoms. The Balaban J connectivity index is 2.13. The largest absolute Gasteiger partial charge is 0.465 e. The van der Waals surface area contributed by atoms with E-state index >= 15 is 0 Å². The molecule has 0 aliphatic carbocycles. The van der Waals surface area contributed by atoms with Gasteiger partial charge in [-0.3, -0.25) is 0 Å². The molecule has 0 amide bonds. The molecule has 1 unspecified atom stereocenters. The van der Waals surface area contributed by atoms with Crippen LogP contribution in [0.3, 0.4) is 0 Å². The third-order valence-electron chi connectivity index (χ3n) is 2.48. The molecule has 2 rings (SSSR count). The molecule has 2 aromatic rings. The topological polar surface area (TPSA) is 51.2 Å². The smallest absolute Gasteiger partial charge is 0.351 e. The van der Waals surface area contributed by atoms with Crippen LogP contribution in [0.15, 0.2) is 12.1 Å². The minimum Gasteiger partial charge on any atom is -0.465 e. The Bertz CT molecular complexity index is 594. The molecule has 0 saturated carbocycles. The molecule has 0 radical (unpaired) electrons. The molecule has 1 N–H and O–H groups in total. The van der Waals surface area contributed by atoms with Crippen LogP contribution in [0.4, 0.5) is 5.13 Å². The molecule has 102 valence electrons. The van der Waals surface area contributed by atoms with Crippen molar-refractivity contribution in [2.75, 3.05) is 12.4 Å². The van der Waals surface area contributed by atoms with Crippen molar-refractivity contribution in [3.63, 3.8) is 0 Å². The fraction of sp³-hybridized carbons (Fsp3) is 0.333. The minimum atomic E-state index is -0.463. The highest BCUT2D eigenvalue weighted by atomic mass is 35.5. The van der Waals surface area contributed by atoms with E-state index in [1.807, 2.05) is 6.92 Å². The van der Waals surface area contributed by atoms with Crippen molar-refractivity contribution in [3.8, 4) is 0 Å². The normalized spacial score (nSPS) is 12.2. The van der Waals surface area contributed by atoms with Gasteiger partial charge in [-0.1, -0.05) is 22.9 Å². The van der Waals surface area contributed by atoms with Crippen molar-refractivity contribution >= 4 is 45.4 Å². The molecule has 0 fully saturated rings. The molecule has 0 aliphatic heterocycles. The van der Waals surface area contributed by atoms with Crippen LogP contribution in [-0.2, 0) is 4.74 Å². The summed E-state index contributed by atoms with van der Waals surface area (Å²) in [6.45, 7) is 4.11. The number of nitrogens with one attached hydrogen (secondary N) is 1. The molecule has 0 spiro atoms. The van der Waals surface area contributed by atoms with Crippen LogP contribution in [0, 0.1) is 6.92 Å². The first-order valence-electron chi connectivity index (χ1n) is 5.58. The molecule has 4 nitrogen and oxygen atoms in total. The Morgan fingerprint density at radius 3 is 2.79 bits per heavy atom. The first kappa shape index (κ1) is 14.3. The zero-order valence-electron chi connectivity index (χ0n) is 10.7. The first-order valence-corrected chi connectivity index (χ1v) is 7.60. The molecule has 1 atom stereocenters. The minimum absolute atomic E-state index is 0.117. The van der Waals surface area contributed by atoms with Gasteiger partial charge in [-0.25, -0.2) is 9.78 Å². The average molecular weight is 317 g/mol. The molecule has 7 heteroatoms. The third-order valence-corrected chi connectivity index (χ3v) is 5.02. The fourth-order valence-electron chi connectivity index (χ4n) is 1.52. The summed E-state index contributed by atoms with van der Waals surface area (Å²) >= 11 is 8.84. The van der Waals surface area contributed by atoms with Crippen LogP contribution in [0.1, 0.15) is 32.4 Å². The standard InChI is InChI=1S/C12H13ClN2O2S2/c1-6-4-5-8(18-6)7(2)14-12-15-10(13)9(19-12)11(16)17-3/h4-5,7H,1-3H3,(H,14,15). The molecule has 19 heavy (non-hydrogen) atoms. The molecule has 2 aromatic heterocycles. The Labute approximate surface area is 124 Å². The number of carbonyl (C=O) groups excluding carboxylic acids is 1. The van der Waals surface area contributed by atoms with E-state index in [0.29, 0.717) is 10.0 Å². The second-order valence-corrected chi connectivity index (χ2v) is 6.62. The Hall–Kier alpha value is -1.11. The Kier molecular flexibility index (Phi) is 4.44. The average Bonchev–Trinajstić information content (AvgIpc) is 2.95. The molecule has 0 saturated heterocycles. The number of hydrogen-bond donors (Lipinski definition) is 1. The fourth-order valence-corrected chi connectivity index (χ4v) is 3.59. The summed E-state index contributed by atoms with van der Waals surface area (Å²) in [5.41, 5.74) is 0. The van der Waals surface area contributed by atoms with Crippen LogP contribution in [0.25, 0.3) is 0 Å². The van der Waals surface area contributed by atoms with Gasteiger partial charge in [-0.2, -0.15) is 0 Å². The van der Waals surface area contributed by atoms with Crippen LogP contribution in [-0.4, -0.2) is 18.1 Å². The monoisotopic (exact) mass is 316 g/mol. The maximum absolute atomic E-state index is 11.4. The van der Waals surface area contributed by atoms with Crippen molar-refractivity contribution in [2.45, 2.75) is 19.9 Å². The number of anilines is 1. The quantitative estimate of drug-likeness (QED) is 0.862. The van der Waals surface area contributed by atoms with Gasteiger partial charge < -0.3 is 10.1 Å². The summed E-state index contributed by atoms with van der Waals surface area (Å²) in [6.07, 6.45) is 0. The number of aryl methyl sites for hydroxylation is 1. The third kappa shape index (κ3) is 3.26. The van der Waals surface area contributed by atoms with Gasteiger partial charge in [-0.15, -0.1) is 11.3 Å². The van der Waals surface area contributed by atoms with E-state index in [1.165, 1.54) is 28.2 Å². The van der Waals surface area contributed by atoms with Crippen LogP contribution >= 0.6 is 34.3 Å².